The normalized spacial score (nSPS) is 19.7. The summed E-state index contributed by atoms with van der Waals surface area (Å²) >= 11 is 0. The van der Waals surface area contributed by atoms with E-state index < -0.39 is 10.0 Å². The van der Waals surface area contributed by atoms with Gasteiger partial charge in [-0.2, -0.15) is 4.31 Å². The van der Waals surface area contributed by atoms with Crippen LogP contribution >= 0.6 is 0 Å². The highest BCUT2D eigenvalue weighted by atomic mass is 32.2. The van der Waals surface area contributed by atoms with E-state index in [4.69, 9.17) is 0 Å². The van der Waals surface area contributed by atoms with E-state index in [9.17, 15) is 8.42 Å². The van der Waals surface area contributed by atoms with Crippen molar-refractivity contribution in [1.82, 2.24) is 14.3 Å². The molecule has 3 rings (SSSR count). The maximum atomic E-state index is 12.6. The molecular formula is C16H20N4O2S. The highest BCUT2D eigenvalue weighted by Gasteiger charge is 2.31. The molecule has 1 fully saturated rings. The average molecular weight is 332 g/mol. The smallest absolute Gasteiger partial charge is 0.218 e. The van der Waals surface area contributed by atoms with E-state index in [1.165, 1.54) is 0 Å². The molecule has 1 aliphatic rings. The number of nitrogens with zero attached hydrogens (tertiary/aromatic N) is 4. The first-order valence-corrected chi connectivity index (χ1v) is 9.21. The van der Waals surface area contributed by atoms with Crippen LogP contribution in [0.2, 0.25) is 0 Å². The molecule has 0 radical (unpaired) electrons. The van der Waals surface area contributed by atoms with Crippen molar-refractivity contribution in [2.24, 2.45) is 0 Å². The number of piperazine rings is 1. The molecule has 0 unspecified atom stereocenters. The monoisotopic (exact) mass is 332 g/mol. The summed E-state index contributed by atoms with van der Waals surface area (Å²) in [5, 5.41) is 0. The number of hydrogen-bond acceptors (Lipinski definition) is 5. The number of benzene rings is 1. The fraction of sp³-hybridized carbons (Fsp3) is 0.375. The van der Waals surface area contributed by atoms with Crippen molar-refractivity contribution in [2.75, 3.05) is 24.5 Å². The number of anilines is 1. The molecule has 0 spiro atoms. The van der Waals surface area contributed by atoms with Crippen LogP contribution in [0.1, 0.15) is 12.5 Å². The summed E-state index contributed by atoms with van der Waals surface area (Å²) in [7, 11) is -3.30. The maximum absolute atomic E-state index is 12.6. The van der Waals surface area contributed by atoms with Crippen molar-refractivity contribution >= 4 is 15.8 Å². The predicted octanol–water partition coefficient (Wildman–Crippen LogP) is 1.52. The van der Waals surface area contributed by atoms with Crippen molar-refractivity contribution in [1.29, 1.82) is 0 Å². The lowest BCUT2D eigenvalue weighted by molar-refractivity contribution is 0.340. The van der Waals surface area contributed by atoms with Gasteiger partial charge in [0.1, 0.15) is 5.82 Å². The van der Waals surface area contributed by atoms with E-state index in [1.807, 2.05) is 37.3 Å². The molecule has 23 heavy (non-hydrogen) atoms. The molecular weight excluding hydrogens is 312 g/mol. The molecule has 0 saturated carbocycles. The second kappa shape index (κ2) is 6.64. The third-order valence-electron chi connectivity index (χ3n) is 4.02. The summed E-state index contributed by atoms with van der Waals surface area (Å²) in [6.07, 6.45) is 5.00. The van der Waals surface area contributed by atoms with Crippen LogP contribution in [0.15, 0.2) is 48.9 Å². The van der Waals surface area contributed by atoms with Crippen molar-refractivity contribution in [3.05, 3.63) is 54.5 Å². The van der Waals surface area contributed by atoms with Crippen LogP contribution in [0.5, 0.6) is 0 Å². The van der Waals surface area contributed by atoms with Gasteiger partial charge in [-0.15, -0.1) is 0 Å². The van der Waals surface area contributed by atoms with Gasteiger partial charge < -0.3 is 4.90 Å². The van der Waals surface area contributed by atoms with E-state index in [2.05, 4.69) is 14.9 Å². The van der Waals surface area contributed by atoms with Crippen molar-refractivity contribution in [2.45, 2.75) is 18.7 Å². The molecule has 122 valence electrons. The maximum Gasteiger partial charge on any atom is 0.218 e. The fourth-order valence-electron chi connectivity index (χ4n) is 2.83. The lowest BCUT2D eigenvalue weighted by Crippen LogP contribution is -2.54. The van der Waals surface area contributed by atoms with Crippen molar-refractivity contribution < 1.29 is 8.42 Å². The Kier molecular flexibility index (Phi) is 4.58. The molecule has 1 saturated heterocycles. The van der Waals surface area contributed by atoms with Gasteiger partial charge in [0, 0.05) is 38.1 Å². The third kappa shape index (κ3) is 3.68. The summed E-state index contributed by atoms with van der Waals surface area (Å²) in [6, 6.07) is 9.36. The van der Waals surface area contributed by atoms with E-state index in [0.717, 1.165) is 11.4 Å². The SMILES string of the molecule is C[C@H]1CN(S(=O)(=O)Cc2ccccc2)CCN1c1cnccn1. The zero-order valence-electron chi connectivity index (χ0n) is 13.0. The number of sulfonamides is 1. The molecule has 1 atom stereocenters. The van der Waals surface area contributed by atoms with Gasteiger partial charge in [-0.05, 0) is 12.5 Å². The first kappa shape index (κ1) is 15.9. The number of rotatable bonds is 4. The van der Waals surface area contributed by atoms with Gasteiger partial charge in [0.15, 0.2) is 0 Å². The predicted molar refractivity (Wildman–Crippen MR) is 89.5 cm³/mol. The van der Waals surface area contributed by atoms with Gasteiger partial charge in [0.2, 0.25) is 10.0 Å². The van der Waals surface area contributed by atoms with Crippen LogP contribution in [0.25, 0.3) is 0 Å². The topological polar surface area (TPSA) is 66.4 Å². The minimum absolute atomic E-state index is 0.0473. The van der Waals surface area contributed by atoms with Gasteiger partial charge in [-0.25, -0.2) is 13.4 Å². The van der Waals surface area contributed by atoms with Crippen LogP contribution < -0.4 is 4.90 Å². The summed E-state index contributed by atoms with van der Waals surface area (Å²) in [5.74, 6) is 0.839. The molecule has 6 nitrogen and oxygen atoms in total. The zero-order chi connectivity index (χ0) is 16.3. The Labute approximate surface area is 136 Å². The minimum atomic E-state index is -3.30. The lowest BCUT2D eigenvalue weighted by atomic mass is 10.2. The minimum Gasteiger partial charge on any atom is -0.350 e. The Bertz CT molecular complexity index is 737. The third-order valence-corrected chi connectivity index (χ3v) is 5.84. The van der Waals surface area contributed by atoms with Gasteiger partial charge in [-0.3, -0.25) is 4.98 Å². The Morgan fingerprint density at radius 2 is 1.96 bits per heavy atom. The molecule has 0 N–H and O–H groups in total. The standard InChI is InChI=1S/C16H20N4O2S/c1-14-12-19(9-10-20(14)16-11-17-7-8-18-16)23(21,22)13-15-5-3-2-4-6-15/h2-8,11,14H,9-10,12-13H2,1H3/t14-/m0/s1. The van der Waals surface area contributed by atoms with Gasteiger partial charge >= 0.3 is 0 Å². The number of aromatic nitrogens is 2. The van der Waals surface area contributed by atoms with E-state index in [-0.39, 0.29) is 11.8 Å². The van der Waals surface area contributed by atoms with Crippen LogP contribution in [-0.4, -0.2) is 48.4 Å². The lowest BCUT2D eigenvalue weighted by Gasteiger charge is -2.39. The van der Waals surface area contributed by atoms with E-state index in [0.29, 0.717) is 19.6 Å². The molecule has 1 aliphatic heterocycles. The first-order valence-electron chi connectivity index (χ1n) is 7.61. The Morgan fingerprint density at radius 3 is 2.61 bits per heavy atom. The molecule has 0 aliphatic carbocycles. The van der Waals surface area contributed by atoms with Crippen molar-refractivity contribution in [3.63, 3.8) is 0 Å². The molecule has 1 aromatic carbocycles. The Hall–Kier alpha value is -1.99. The van der Waals surface area contributed by atoms with Crippen molar-refractivity contribution in [3.8, 4) is 0 Å². The molecule has 2 heterocycles. The second-order valence-corrected chi connectivity index (χ2v) is 7.67. The van der Waals surface area contributed by atoms with Crippen LogP contribution in [0.3, 0.4) is 0 Å². The van der Waals surface area contributed by atoms with Crippen LogP contribution in [-0.2, 0) is 15.8 Å². The summed E-state index contributed by atoms with van der Waals surface area (Å²) < 4.78 is 26.8. The Balaban J connectivity index is 1.69. The highest BCUT2D eigenvalue weighted by molar-refractivity contribution is 7.88. The Morgan fingerprint density at radius 1 is 1.17 bits per heavy atom. The molecule has 0 bridgehead atoms. The van der Waals surface area contributed by atoms with Gasteiger partial charge in [0.05, 0.1) is 11.9 Å². The summed E-state index contributed by atoms with van der Waals surface area (Å²) in [4.78, 5) is 10.5. The number of hydrogen-bond donors (Lipinski definition) is 0. The first-order chi connectivity index (χ1) is 11.1. The zero-order valence-corrected chi connectivity index (χ0v) is 13.9. The van der Waals surface area contributed by atoms with Crippen LogP contribution in [0, 0.1) is 0 Å². The largest absolute Gasteiger partial charge is 0.350 e. The average Bonchev–Trinajstić information content (AvgIpc) is 2.56. The quantitative estimate of drug-likeness (QED) is 0.849. The van der Waals surface area contributed by atoms with E-state index >= 15 is 0 Å². The fourth-order valence-corrected chi connectivity index (χ4v) is 4.43. The van der Waals surface area contributed by atoms with E-state index in [1.54, 1.807) is 22.9 Å². The summed E-state index contributed by atoms with van der Waals surface area (Å²) in [6.45, 7) is 3.56. The van der Waals surface area contributed by atoms with Crippen LogP contribution in [0.4, 0.5) is 5.82 Å². The second-order valence-electron chi connectivity index (χ2n) is 5.71. The highest BCUT2D eigenvalue weighted by Crippen LogP contribution is 2.20. The molecule has 1 aromatic heterocycles. The summed E-state index contributed by atoms with van der Waals surface area (Å²) in [5.41, 5.74) is 0.816. The van der Waals surface area contributed by atoms with Gasteiger partial charge in [-0.1, -0.05) is 30.3 Å². The molecule has 0 amide bonds. The molecule has 7 heteroatoms. The van der Waals surface area contributed by atoms with Gasteiger partial charge in [0.25, 0.3) is 0 Å². The molecule has 2 aromatic rings.